The van der Waals surface area contributed by atoms with Gasteiger partial charge in [0, 0.05) is 38.2 Å². The van der Waals surface area contributed by atoms with Gasteiger partial charge in [-0.1, -0.05) is 13.8 Å². The monoisotopic (exact) mass is 436 g/mol. The number of fused-ring (bicyclic) bond motifs is 1. The van der Waals surface area contributed by atoms with E-state index in [1.165, 1.54) is 10.7 Å². The second-order valence-electron chi connectivity index (χ2n) is 9.01. The SMILES string of the molecule is CCC1(C)CCCN(C(=O)C2CCN(S(=O)(=O)c3ccc4c(c3)OCCO4)CC2)C1. The number of hydrogen-bond donors (Lipinski definition) is 0. The van der Waals surface area contributed by atoms with E-state index in [0.29, 0.717) is 50.6 Å². The number of carbonyl (C=O) groups excluding carboxylic acids is 1. The molecular weight excluding hydrogens is 404 g/mol. The van der Waals surface area contributed by atoms with E-state index in [0.717, 1.165) is 25.9 Å². The van der Waals surface area contributed by atoms with Gasteiger partial charge in [0.25, 0.3) is 0 Å². The average molecular weight is 437 g/mol. The molecule has 30 heavy (non-hydrogen) atoms. The standard InChI is InChI=1S/C22H32N2O5S/c1-3-22(2)9-4-10-23(16-22)21(25)17-7-11-24(12-8-17)30(26,27)18-5-6-19-20(15-18)29-14-13-28-19/h5-6,15,17H,3-4,7-14,16H2,1-2H3. The Bertz CT molecular complexity index is 895. The van der Waals surface area contributed by atoms with Crippen LogP contribution < -0.4 is 9.47 Å². The normalized spacial score (nSPS) is 25.9. The Labute approximate surface area is 179 Å². The lowest BCUT2D eigenvalue weighted by molar-refractivity contribution is -0.140. The Morgan fingerprint density at radius 3 is 2.53 bits per heavy atom. The van der Waals surface area contributed by atoms with Crippen molar-refractivity contribution in [2.24, 2.45) is 11.3 Å². The van der Waals surface area contributed by atoms with Crippen LogP contribution in [0.25, 0.3) is 0 Å². The number of likely N-dealkylation sites (tertiary alicyclic amines) is 1. The van der Waals surface area contributed by atoms with Crippen molar-refractivity contribution in [1.82, 2.24) is 9.21 Å². The molecule has 1 unspecified atom stereocenters. The summed E-state index contributed by atoms with van der Waals surface area (Å²) < 4.78 is 38.7. The lowest BCUT2D eigenvalue weighted by atomic mass is 9.79. The van der Waals surface area contributed by atoms with Crippen molar-refractivity contribution in [3.8, 4) is 11.5 Å². The summed E-state index contributed by atoms with van der Waals surface area (Å²) in [7, 11) is -3.62. The molecule has 3 aliphatic heterocycles. The third kappa shape index (κ3) is 4.17. The molecule has 166 valence electrons. The summed E-state index contributed by atoms with van der Waals surface area (Å²) in [6.07, 6.45) is 4.43. The first-order chi connectivity index (χ1) is 14.3. The summed E-state index contributed by atoms with van der Waals surface area (Å²) in [5.41, 5.74) is 0.205. The molecule has 0 spiro atoms. The molecule has 1 aromatic rings. The molecule has 3 aliphatic rings. The highest BCUT2D eigenvalue weighted by atomic mass is 32.2. The first kappa shape index (κ1) is 21.4. The van der Waals surface area contributed by atoms with Crippen LogP contribution in [-0.2, 0) is 14.8 Å². The van der Waals surface area contributed by atoms with Gasteiger partial charge in [0.15, 0.2) is 11.5 Å². The third-order valence-corrected chi connectivity index (χ3v) is 8.80. The fourth-order valence-corrected chi connectivity index (χ4v) is 6.21. The number of nitrogens with zero attached hydrogens (tertiary/aromatic N) is 2. The van der Waals surface area contributed by atoms with Crippen molar-refractivity contribution < 1.29 is 22.7 Å². The summed E-state index contributed by atoms with van der Waals surface area (Å²) in [4.78, 5) is 15.3. The van der Waals surface area contributed by atoms with Gasteiger partial charge in [-0.2, -0.15) is 4.31 Å². The molecule has 2 fully saturated rings. The summed E-state index contributed by atoms with van der Waals surface area (Å²) >= 11 is 0. The Balaban J connectivity index is 1.40. The van der Waals surface area contributed by atoms with E-state index < -0.39 is 10.0 Å². The van der Waals surface area contributed by atoms with Crippen LogP contribution in [0.2, 0.25) is 0 Å². The second-order valence-corrected chi connectivity index (χ2v) is 10.9. The van der Waals surface area contributed by atoms with Crippen molar-refractivity contribution in [2.45, 2.75) is 50.8 Å². The maximum atomic E-state index is 13.1. The third-order valence-electron chi connectivity index (χ3n) is 6.90. The second kappa shape index (κ2) is 8.38. The zero-order valence-electron chi connectivity index (χ0n) is 17.9. The Kier molecular flexibility index (Phi) is 5.99. The van der Waals surface area contributed by atoms with E-state index in [1.54, 1.807) is 18.2 Å². The molecule has 0 aliphatic carbocycles. The Morgan fingerprint density at radius 2 is 1.83 bits per heavy atom. The van der Waals surface area contributed by atoms with Crippen molar-refractivity contribution in [1.29, 1.82) is 0 Å². The molecule has 8 heteroatoms. The molecular formula is C22H32N2O5S. The van der Waals surface area contributed by atoms with Gasteiger partial charge >= 0.3 is 0 Å². The molecule has 0 radical (unpaired) electrons. The zero-order chi connectivity index (χ0) is 21.4. The Hall–Kier alpha value is -1.80. The lowest BCUT2D eigenvalue weighted by Gasteiger charge is -2.42. The number of hydrogen-bond acceptors (Lipinski definition) is 5. The summed E-state index contributed by atoms with van der Waals surface area (Å²) in [6.45, 7) is 7.71. The minimum atomic E-state index is -3.62. The van der Waals surface area contributed by atoms with Gasteiger partial charge in [-0.05, 0) is 49.7 Å². The van der Waals surface area contributed by atoms with Crippen molar-refractivity contribution in [3.05, 3.63) is 18.2 Å². The fraction of sp³-hybridized carbons (Fsp3) is 0.682. The number of sulfonamides is 1. The molecule has 0 bridgehead atoms. The molecule has 0 saturated carbocycles. The largest absolute Gasteiger partial charge is 0.486 e. The van der Waals surface area contributed by atoms with Crippen LogP contribution in [0.5, 0.6) is 11.5 Å². The predicted octanol–water partition coefficient (Wildman–Crippen LogP) is 2.90. The van der Waals surface area contributed by atoms with E-state index >= 15 is 0 Å². The lowest BCUT2D eigenvalue weighted by Crippen LogP contribution is -2.49. The van der Waals surface area contributed by atoms with E-state index in [9.17, 15) is 13.2 Å². The quantitative estimate of drug-likeness (QED) is 0.725. The zero-order valence-corrected chi connectivity index (χ0v) is 18.7. The predicted molar refractivity (Wildman–Crippen MR) is 113 cm³/mol. The van der Waals surface area contributed by atoms with E-state index in [2.05, 4.69) is 13.8 Å². The van der Waals surface area contributed by atoms with Gasteiger partial charge in [-0.25, -0.2) is 8.42 Å². The molecule has 1 amide bonds. The minimum Gasteiger partial charge on any atom is -0.486 e. The van der Waals surface area contributed by atoms with Crippen LogP contribution in [-0.4, -0.2) is 62.9 Å². The topological polar surface area (TPSA) is 76.2 Å². The van der Waals surface area contributed by atoms with Gasteiger partial charge in [0.2, 0.25) is 15.9 Å². The van der Waals surface area contributed by atoms with Crippen LogP contribution in [0.15, 0.2) is 23.1 Å². The fourth-order valence-electron chi connectivity index (χ4n) is 4.73. The van der Waals surface area contributed by atoms with Gasteiger partial charge in [0.1, 0.15) is 13.2 Å². The first-order valence-corrected chi connectivity index (χ1v) is 12.4. The van der Waals surface area contributed by atoms with E-state index in [1.807, 2.05) is 4.90 Å². The van der Waals surface area contributed by atoms with Gasteiger partial charge in [-0.3, -0.25) is 4.79 Å². The number of rotatable bonds is 4. The van der Waals surface area contributed by atoms with Crippen molar-refractivity contribution in [2.75, 3.05) is 39.4 Å². The highest BCUT2D eigenvalue weighted by Crippen LogP contribution is 2.36. The number of piperidine rings is 2. The maximum Gasteiger partial charge on any atom is 0.243 e. The number of ether oxygens (including phenoxy) is 2. The van der Waals surface area contributed by atoms with Gasteiger partial charge in [-0.15, -0.1) is 0 Å². The molecule has 7 nitrogen and oxygen atoms in total. The summed E-state index contributed by atoms with van der Waals surface area (Å²) in [5.74, 6) is 1.16. The van der Waals surface area contributed by atoms with Gasteiger partial charge < -0.3 is 14.4 Å². The molecule has 1 atom stereocenters. The molecule has 3 heterocycles. The maximum absolute atomic E-state index is 13.1. The van der Waals surface area contributed by atoms with E-state index in [4.69, 9.17) is 9.47 Å². The molecule has 1 aromatic carbocycles. The number of amides is 1. The number of carbonyl (C=O) groups is 1. The van der Waals surface area contributed by atoms with Gasteiger partial charge in [0.05, 0.1) is 4.90 Å². The van der Waals surface area contributed by atoms with Crippen LogP contribution >= 0.6 is 0 Å². The van der Waals surface area contributed by atoms with Crippen molar-refractivity contribution >= 4 is 15.9 Å². The summed E-state index contributed by atoms with van der Waals surface area (Å²) in [6, 6.07) is 4.76. The van der Waals surface area contributed by atoms with E-state index in [-0.39, 0.29) is 22.1 Å². The Morgan fingerprint density at radius 1 is 1.13 bits per heavy atom. The molecule has 4 rings (SSSR count). The summed E-state index contributed by atoms with van der Waals surface area (Å²) in [5, 5.41) is 0. The number of benzene rings is 1. The molecule has 2 saturated heterocycles. The van der Waals surface area contributed by atoms with Crippen LogP contribution in [0.3, 0.4) is 0 Å². The van der Waals surface area contributed by atoms with Crippen LogP contribution in [0.1, 0.15) is 46.0 Å². The minimum absolute atomic E-state index is 0.0871. The van der Waals surface area contributed by atoms with Crippen LogP contribution in [0, 0.1) is 11.3 Å². The highest BCUT2D eigenvalue weighted by molar-refractivity contribution is 7.89. The van der Waals surface area contributed by atoms with Crippen LogP contribution in [0.4, 0.5) is 0 Å². The molecule has 0 N–H and O–H groups in total. The van der Waals surface area contributed by atoms with Crippen molar-refractivity contribution in [3.63, 3.8) is 0 Å². The highest BCUT2D eigenvalue weighted by Gasteiger charge is 2.37. The molecule has 0 aromatic heterocycles. The first-order valence-electron chi connectivity index (χ1n) is 11.0. The average Bonchev–Trinajstić information content (AvgIpc) is 2.78. The smallest absolute Gasteiger partial charge is 0.243 e.